The minimum atomic E-state index is 0.648. The Morgan fingerprint density at radius 2 is 2.35 bits per heavy atom. The molecule has 0 aromatic carbocycles. The number of nitrogens with zero attached hydrogens (tertiary/aromatic N) is 2. The first kappa shape index (κ1) is 12.8. The molecule has 1 unspecified atom stereocenters. The third-order valence-electron chi connectivity index (χ3n) is 3.49. The van der Waals surface area contributed by atoms with Crippen molar-refractivity contribution in [2.45, 2.75) is 32.2 Å². The van der Waals surface area contributed by atoms with Crippen LogP contribution in [0.1, 0.15) is 24.8 Å². The fraction of sp³-hybridized carbons (Fsp3) is 0.615. The average Bonchev–Trinajstić information content (AvgIpc) is 2.32. The fourth-order valence-electron chi connectivity index (χ4n) is 2.26. The lowest BCUT2D eigenvalue weighted by molar-refractivity contribution is 0.194. The Hall–Kier alpha value is -0.610. The molecule has 1 N–H and O–H groups in total. The van der Waals surface area contributed by atoms with Crippen molar-refractivity contribution in [3.8, 4) is 0 Å². The Bertz CT molecular complexity index is 381. The van der Waals surface area contributed by atoms with Crippen molar-refractivity contribution in [1.82, 2.24) is 9.88 Å². The first-order chi connectivity index (χ1) is 8.16. The van der Waals surface area contributed by atoms with Gasteiger partial charge < -0.3 is 10.2 Å². The van der Waals surface area contributed by atoms with E-state index in [4.69, 9.17) is 0 Å². The molecule has 2 heterocycles. The monoisotopic (exact) mass is 297 g/mol. The summed E-state index contributed by atoms with van der Waals surface area (Å²) < 4.78 is 1.07. The molecule has 0 radical (unpaired) electrons. The van der Waals surface area contributed by atoms with Crippen molar-refractivity contribution in [2.24, 2.45) is 0 Å². The van der Waals surface area contributed by atoms with Crippen molar-refractivity contribution >= 4 is 21.7 Å². The van der Waals surface area contributed by atoms with Crippen molar-refractivity contribution in [1.29, 1.82) is 0 Å². The molecule has 94 valence electrons. The van der Waals surface area contributed by atoms with Gasteiger partial charge in [0.2, 0.25) is 0 Å². The maximum atomic E-state index is 4.37. The number of aryl methyl sites for hydroxylation is 1. The molecule has 0 spiro atoms. The molecular weight excluding hydrogens is 278 g/mol. The standard InChI is InChI=1S/C13H20BrN3/c1-10-7-13(16-9-12(10)14)15-8-11-5-3-4-6-17(11)2/h7,9,11H,3-6,8H2,1-2H3,(H,15,16). The number of hydrogen-bond donors (Lipinski definition) is 1. The van der Waals surface area contributed by atoms with E-state index in [-0.39, 0.29) is 0 Å². The summed E-state index contributed by atoms with van der Waals surface area (Å²) in [4.78, 5) is 6.82. The van der Waals surface area contributed by atoms with E-state index in [2.05, 4.69) is 51.2 Å². The SMILES string of the molecule is Cc1cc(NCC2CCCCN2C)ncc1Br. The van der Waals surface area contributed by atoms with Gasteiger partial charge >= 0.3 is 0 Å². The summed E-state index contributed by atoms with van der Waals surface area (Å²) >= 11 is 3.47. The molecule has 1 aromatic rings. The maximum Gasteiger partial charge on any atom is 0.126 e. The number of hydrogen-bond acceptors (Lipinski definition) is 3. The molecule has 4 heteroatoms. The summed E-state index contributed by atoms with van der Waals surface area (Å²) in [7, 11) is 2.21. The van der Waals surface area contributed by atoms with E-state index in [9.17, 15) is 0 Å². The highest BCUT2D eigenvalue weighted by molar-refractivity contribution is 9.10. The summed E-state index contributed by atoms with van der Waals surface area (Å²) in [5, 5.41) is 3.44. The predicted molar refractivity (Wildman–Crippen MR) is 75.4 cm³/mol. The van der Waals surface area contributed by atoms with Crippen LogP contribution in [0.25, 0.3) is 0 Å². The molecule has 3 nitrogen and oxygen atoms in total. The Balaban J connectivity index is 1.90. The van der Waals surface area contributed by atoms with Crippen molar-refractivity contribution in [3.05, 3.63) is 22.3 Å². The van der Waals surface area contributed by atoms with Gasteiger partial charge in [-0.25, -0.2) is 4.98 Å². The lowest BCUT2D eigenvalue weighted by atomic mass is 10.0. The number of likely N-dealkylation sites (N-methyl/N-ethyl adjacent to an activating group) is 1. The van der Waals surface area contributed by atoms with Gasteiger partial charge in [0, 0.05) is 23.3 Å². The van der Waals surface area contributed by atoms with Gasteiger partial charge in [0.1, 0.15) is 5.82 Å². The Morgan fingerprint density at radius 3 is 3.06 bits per heavy atom. The van der Waals surface area contributed by atoms with E-state index < -0.39 is 0 Å². The normalized spacial score (nSPS) is 21.5. The molecule has 0 amide bonds. The number of halogens is 1. The molecule has 2 rings (SSSR count). The van der Waals surface area contributed by atoms with Crippen molar-refractivity contribution in [2.75, 3.05) is 25.5 Å². The minimum Gasteiger partial charge on any atom is -0.368 e. The highest BCUT2D eigenvalue weighted by Gasteiger charge is 2.18. The zero-order valence-corrected chi connectivity index (χ0v) is 12.1. The zero-order chi connectivity index (χ0) is 12.3. The largest absolute Gasteiger partial charge is 0.368 e. The van der Waals surface area contributed by atoms with Crippen molar-refractivity contribution in [3.63, 3.8) is 0 Å². The Morgan fingerprint density at radius 1 is 1.53 bits per heavy atom. The topological polar surface area (TPSA) is 28.2 Å². The maximum absolute atomic E-state index is 4.37. The molecule has 1 aromatic heterocycles. The van der Waals surface area contributed by atoms with Crippen LogP contribution in [-0.4, -0.2) is 36.1 Å². The summed E-state index contributed by atoms with van der Waals surface area (Å²) in [6, 6.07) is 2.74. The molecule has 0 aliphatic carbocycles. The summed E-state index contributed by atoms with van der Waals surface area (Å²) in [5.41, 5.74) is 1.22. The van der Waals surface area contributed by atoms with E-state index in [1.807, 2.05) is 6.20 Å². The number of piperidine rings is 1. The van der Waals surface area contributed by atoms with Crippen molar-refractivity contribution < 1.29 is 0 Å². The molecule has 1 saturated heterocycles. The van der Waals surface area contributed by atoms with Crippen LogP contribution in [0.5, 0.6) is 0 Å². The lowest BCUT2D eigenvalue weighted by Crippen LogP contribution is -2.40. The highest BCUT2D eigenvalue weighted by Crippen LogP contribution is 2.19. The number of pyridine rings is 1. The molecule has 1 fully saturated rings. The Labute approximate surface area is 112 Å². The van der Waals surface area contributed by atoms with Gasteiger partial charge in [0.25, 0.3) is 0 Å². The van der Waals surface area contributed by atoms with Gasteiger partial charge in [-0.05, 0) is 60.9 Å². The number of rotatable bonds is 3. The van der Waals surface area contributed by atoms with Gasteiger partial charge in [-0.2, -0.15) is 0 Å². The molecule has 1 aliphatic heterocycles. The first-order valence-corrected chi connectivity index (χ1v) is 7.02. The van der Waals surface area contributed by atoms with Crippen LogP contribution >= 0.6 is 15.9 Å². The van der Waals surface area contributed by atoms with Gasteiger partial charge in [0.15, 0.2) is 0 Å². The fourth-order valence-corrected chi connectivity index (χ4v) is 2.48. The molecule has 0 saturated carbocycles. The molecular formula is C13H20BrN3. The van der Waals surface area contributed by atoms with E-state index in [0.29, 0.717) is 6.04 Å². The Kier molecular flexibility index (Phi) is 4.40. The minimum absolute atomic E-state index is 0.648. The predicted octanol–water partition coefficient (Wildman–Crippen LogP) is 3.05. The summed E-state index contributed by atoms with van der Waals surface area (Å²) in [5.74, 6) is 0.977. The molecule has 0 bridgehead atoms. The lowest BCUT2D eigenvalue weighted by Gasteiger charge is -2.32. The van der Waals surface area contributed by atoms with Gasteiger partial charge in [-0.3, -0.25) is 0 Å². The van der Waals surface area contributed by atoms with Gasteiger partial charge in [-0.1, -0.05) is 6.42 Å². The van der Waals surface area contributed by atoms with Crippen LogP contribution < -0.4 is 5.32 Å². The van der Waals surface area contributed by atoms with Crippen LogP contribution in [0.15, 0.2) is 16.7 Å². The van der Waals surface area contributed by atoms with Crippen LogP contribution in [0.4, 0.5) is 5.82 Å². The zero-order valence-electron chi connectivity index (χ0n) is 10.5. The molecule has 1 atom stereocenters. The van der Waals surface area contributed by atoms with E-state index in [1.54, 1.807) is 0 Å². The third kappa shape index (κ3) is 3.42. The van der Waals surface area contributed by atoms with Gasteiger partial charge in [-0.15, -0.1) is 0 Å². The number of aromatic nitrogens is 1. The average molecular weight is 298 g/mol. The van der Waals surface area contributed by atoms with Crippen LogP contribution in [0, 0.1) is 6.92 Å². The summed E-state index contributed by atoms with van der Waals surface area (Å²) in [6.07, 6.45) is 5.84. The number of anilines is 1. The smallest absolute Gasteiger partial charge is 0.126 e. The van der Waals surface area contributed by atoms with Crippen LogP contribution in [0.2, 0.25) is 0 Å². The van der Waals surface area contributed by atoms with E-state index in [1.165, 1.54) is 31.4 Å². The van der Waals surface area contributed by atoms with E-state index in [0.717, 1.165) is 16.8 Å². The second kappa shape index (κ2) is 5.83. The van der Waals surface area contributed by atoms with Crippen LogP contribution in [0.3, 0.4) is 0 Å². The third-order valence-corrected chi connectivity index (χ3v) is 4.32. The quantitative estimate of drug-likeness (QED) is 0.929. The van der Waals surface area contributed by atoms with E-state index >= 15 is 0 Å². The van der Waals surface area contributed by atoms with Gasteiger partial charge in [0.05, 0.1) is 0 Å². The molecule has 17 heavy (non-hydrogen) atoms. The summed E-state index contributed by atoms with van der Waals surface area (Å²) in [6.45, 7) is 4.30. The molecule has 1 aliphatic rings. The van der Waals surface area contributed by atoms with Crippen LogP contribution in [-0.2, 0) is 0 Å². The highest BCUT2D eigenvalue weighted by atomic mass is 79.9. The second-order valence-electron chi connectivity index (χ2n) is 4.83. The first-order valence-electron chi connectivity index (χ1n) is 6.23. The second-order valence-corrected chi connectivity index (χ2v) is 5.68. The number of nitrogens with one attached hydrogen (secondary N) is 1. The number of likely N-dealkylation sites (tertiary alicyclic amines) is 1.